The molecule has 1 N–H and O–H groups in total. The zero-order valence-electron chi connectivity index (χ0n) is 20.4. The van der Waals surface area contributed by atoms with Gasteiger partial charge in [0.1, 0.15) is 11.6 Å². The molecule has 1 aliphatic heterocycles. The van der Waals surface area contributed by atoms with Gasteiger partial charge in [-0.1, -0.05) is 30.3 Å². The monoisotopic (exact) mass is 496 g/mol. The van der Waals surface area contributed by atoms with Gasteiger partial charge in [-0.2, -0.15) is 0 Å². The highest BCUT2D eigenvalue weighted by molar-refractivity contribution is 6.21. The lowest BCUT2D eigenvalue weighted by Gasteiger charge is -2.20. The van der Waals surface area contributed by atoms with Crippen molar-refractivity contribution >= 4 is 28.6 Å². The Kier molecular flexibility index (Phi) is 6.27. The minimum absolute atomic E-state index is 0.0162. The van der Waals surface area contributed by atoms with E-state index in [-0.39, 0.29) is 41.9 Å². The third kappa shape index (κ3) is 4.47. The fourth-order valence-corrected chi connectivity index (χ4v) is 4.40. The molecule has 1 aromatic heterocycles. The number of rotatable bonds is 7. The summed E-state index contributed by atoms with van der Waals surface area (Å²) in [5.41, 5.74) is 1.88. The Morgan fingerprint density at radius 2 is 1.65 bits per heavy atom. The predicted molar refractivity (Wildman–Crippen MR) is 136 cm³/mol. The maximum absolute atomic E-state index is 13.5. The van der Waals surface area contributed by atoms with Crippen LogP contribution < -0.4 is 10.3 Å². The molecule has 37 heavy (non-hydrogen) atoms. The van der Waals surface area contributed by atoms with Crippen molar-refractivity contribution in [3.05, 3.63) is 105 Å². The number of carbonyl (C=O) groups excluding carboxylic acids is 3. The van der Waals surface area contributed by atoms with Crippen LogP contribution in [0.15, 0.2) is 71.5 Å². The van der Waals surface area contributed by atoms with E-state index in [2.05, 4.69) is 9.97 Å². The SMILES string of the molecule is CCOc1ccc(CN2C(=O)c3ccccc3C2=O)cc1C(=O)N(C)Cc1nc2ccccc2c(=O)[nH]1. The highest BCUT2D eigenvalue weighted by Gasteiger charge is 2.35. The molecule has 2 heterocycles. The number of hydrogen-bond donors (Lipinski definition) is 1. The summed E-state index contributed by atoms with van der Waals surface area (Å²) in [5.74, 6) is -0.370. The van der Waals surface area contributed by atoms with Gasteiger partial charge in [0.25, 0.3) is 23.3 Å². The van der Waals surface area contributed by atoms with Crippen LogP contribution in [0.2, 0.25) is 0 Å². The summed E-state index contributed by atoms with van der Waals surface area (Å²) in [6.07, 6.45) is 0. The summed E-state index contributed by atoms with van der Waals surface area (Å²) in [6, 6.07) is 18.7. The number of para-hydroxylation sites is 1. The molecular weight excluding hydrogens is 472 g/mol. The van der Waals surface area contributed by atoms with E-state index in [0.717, 1.165) is 0 Å². The quantitative estimate of drug-likeness (QED) is 0.393. The number of carbonyl (C=O) groups is 3. The number of nitrogens with one attached hydrogen (secondary N) is 1. The Hall–Kier alpha value is -4.79. The first-order valence-electron chi connectivity index (χ1n) is 11.8. The molecule has 0 bridgehead atoms. The summed E-state index contributed by atoms with van der Waals surface area (Å²) in [6.45, 7) is 2.24. The van der Waals surface area contributed by atoms with Crippen LogP contribution in [0.5, 0.6) is 5.75 Å². The van der Waals surface area contributed by atoms with E-state index in [4.69, 9.17) is 4.74 Å². The Balaban J connectivity index is 1.41. The van der Waals surface area contributed by atoms with Crippen molar-refractivity contribution in [3.63, 3.8) is 0 Å². The molecule has 5 rings (SSSR count). The maximum Gasteiger partial charge on any atom is 0.261 e. The Bertz CT molecular complexity index is 1580. The van der Waals surface area contributed by atoms with Crippen molar-refractivity contribution in [2.24, 2.45) is 0 Å². The lowest BCUT2D eigenvalue weighted by Crippen LogP contribution is -2.30. The van der Waals surface area contributed by atoms with Gasteiger partial charge < -0.3 is 14.6 Å². The predicted octanol–water partition coefficient (Wildman–Crippen LogP) is 3.39. The van der Waals surface area contributed by atoms with Crippen molar-refractivity contribution < 1.29 is 19.1 Å². The molecule has 3 amide bonds. The Labute approximate surface area is 212 Å². The second-order valence-corrected chi connectivity index (χ2v) is 8.70. The lowest BCUT2D eigenvalue weighted by atomic mass is 10.1. The van der Waals surface area contributed by atoms with E-state index in [9.17, 15) is 19.2 Å². The van der Waals surface area contributed by atoms with Crippen LogP contribution in [0.1, 0.15) is 49.4 Å². The first kappa shape index (κ1) is 23.9. The molecule has 0 saturated carbocycles. The number of hydrogen-bond acceptors (Lipinski definition) is 6. The fourth-order valence-electron chi connectivity index (χ4n) is 4.40. The van der Waals surface area contributed by atoms with Crippen LogP contribution in [0, 0.1) is 0 Å². The van der Waals surface area contributed by atoms with Crippen molar-refractivity contribution in [1.29, 1.82) is 0 Å². The number of aromatic amines is 1. The zero-order chi connectivity index (χ0) is 26.1. The standard InChI is InChI=1S/C28H24N4O5/c1-3-37-23-13-12-17(15-32-27(35)18-8-4-5-9-19(18)28(32)36)14-21(23)26(34)31(2)16-24-29-22-11-7-6-10-20(22)25(33)30-24/h4-14H,3,15-16H2,1-2H3,(H,29,30,33). The summed E-state index contributed by atoms with van der Waals surface area (Å²) >= 11 is 0. The molecule has 186 valence electrons. The molecule has 0 unspecified atom stereocenters. The van der Waals surface area contributed by atoms with Crippen LogP contribution >= 0.6 is 0 Å². The van der Waals surface area contributed by atoms with Crippen molar-refractivity contribution in [1.82, 2.24) is 19.8 Å². The summed E-state index contributed by atoms with van der Waals surface area (Å²) in [5, 5.41) is 0.472. The minimum Gasteiger partial charge on any atom is -0.493 e. The van der Waals surface area contributed by atoms with Gasteiger partial charge in [0.15, 0.2) is 0 Å². The van der Waals surface area contributed by atoms with Crippen LogP contribution in [0.3, 0.4) is 0 Å². The van der Waals surface area contributed by atoms with Gasteiger partial charge in [-0.05, 0) is 48.9 Å². The third-order valence-corrected chi connectivity index (χ3v) is 6.19. The average Bonchev–Trinajstić information content (AvgIpc) is 3.14. The molecule has 9 nitrogen and oxygen atoms in total. The number of H-pyrrole nitrogens is 1. The molecule has 0 spiro atoms. The summed E-state index contributed by atoms with van der Waals surface area (Å²) < 4.78 is 5.68. The molecular formula is C28H24N4O5. The number of ether oxygens (including phenoxy) is 1. The smallest absolute Gasteiger partial charge is 0.261 e. The first-order valence-corrected chi connectivity index (χ1v) is 11.8. The van der Waals surface area contributed by atoms with Gasteiger partial charge in [-0.3, -0.25) is 24.1 Å². The van der Waals surface area contributed by atoms with Crippen LogP contribution in [-0.4, -0.2) is 51.1 Å². The number of imide groups is 1. The molecule has 0 saturated heterocycles. The minimum atomic E-state index is -0.370. The van der Waals surface area contributed by atoms with Crippen LogP contribution in [-0.2, 0) is 13.1 Å². The Morgan fingerprint density at radius 3 is 2.35 bits per heavy atom. The third-order valence-electron chi connectivity index (χ3n) is 6.19. The number of benzene rings is 3. The average molecular weight is 497 g/mol. The van der Waals surface area contributed by atoms with Crippen LogP contribution in [0.4, 0.5) is 0 Å². The van der Waals surface area contributed by atoms with E-state index in [1.54, 1.807) is 73.8 Å². The lowest BCUT2D eigenvalue weighted by molar-refractivity contribution is 0.0642. The number of amides is 3. The van der Waals surface area contributed by atoms with Crippen molar-refractivity contribution in [2.45, 2.75) is 20.0 Å². The van der Waals surface area contributed by atoms with E-state index in [1.807, 2.05) is 6.92 Å². The summed E-state index contributed by atoms with van der Waals surface area (Å²) in [4.78, 5) is 61.3. The largest absolute Gasteiger partial charge is 0.493 e. The molecule has 0 aliphatic carbocycles. The molecule has 0 atom stereocenters. The number of nitrogens with zero attached hydrogens (tertiary/aromatic N) is 3. The van der Waals surface area contributed by atoms with Gasteiger partial charge in [0, 0.05) is 7.05 Å². The van der Waals surface area contributed by atoms with Gasteiger partial charge in [-0.25, -0.2) is 4.98 Å². The molecule has 1 aliphatic rings. The second kappa shape index (κ2) is 9.69. The number of fused-ring (bicyclic) bond motifs is 2. The first-order chi connectivity index (χ1) is 17.9. The van der Waals surface area contributed by atoms with Crippen molar-refractivity contribution in [2.75, 3.05) is 13.7 Å². The summed E-state index contributed by atoms with van der Waals surface area (Å²) in [7, 11) is 1.60. The van der Waals surface area contributed by atoms with E-state index < -0.39 is 0 Å². The van der Waals surface area contributed by atoms with Gasteiger partial charge in [0.05, 0.1) is 47.3 Å². The fraction of sp³-hybridized carbons (Fsp3) is 0.179. The number of aromatic nitrogens is 2. The molecule has 3 aromatic carbocycles. The van der Waals surface area contributed by atoms with Gasteiger partial charge in [-0.15, -0.1) is 0 Å². The van der Waals surface area contributed by atoms with Crippen molar-refractivity contribution in [3.8, 4) is 5.75 Å². The van der Waals surface area contributed by atoms with Gasteiger partial charge >= 0.3 is 0 Å². The van der Waals surface area contributed by atoms with E-state index >= 15 is 0 Å². The van der Waals surface area contributed by atoms with E-state index in [1.165, 1.54) is 9.80 Å². The van der Waals surface area contributed by atoms with E-state index in [0.29, 0.717) is 45.8 Å². The van der Waals surface area contributed by atoms with Gasteiger partial charge in [0.2, 0.25) is 0 Å². The normalized spacial score (nSPS) is 12.6. The maximum atomic E-state index is 13.5. The molecule has 0 radical (unpaired) electrons. The van der Waals surface area contributed by atoms with Crippen LogP contribution in [0.25, 0.3) is 10.9 Å². The molecule has 4 aromatic rings. The molecule has 0 fully saturated rings. The highest BCUT2D eigenvalue weighted by atomic mass is 16.5. The zero-order valence-corrected chi connectivity index (χ0v) is 20.4. The Morgan fingerprint density at radius 1 is 0.973 bits per heavy atom. The second-order valence-electron chi connectivity index (χ2n) is 8.70. The highest BCUT2D eigenvalue weighted by Crippen LogP contribution is 2.27. The topological polar surface area (TPSA) is 113 Å². The molecule has 9 heteroatoms.